The molecule has 1 aliphatic carbocycles. The molecule has 4 heteroatoms. The second-order valence-corrected chi connectivity index (χ2v) is 7.03. The van der Waals surface area contributed by atoms with Crippen LogP contribution in [-0.2, 0) is 17.6 Å². The van der Waals surface area contributed by atoms with Crippen LogP contribution in [0.5, 0.6) is 0 Å². The number of carbonyl (C=O) groups is 1. The number of piperidine rings is 1. The molecule has 1 aliphatic heterocycles. The number of fused-ring (bicyclic) bond motifs is 1. The van der Waals surface area contributed by atoms with Crippen LogP contribution < -0.4 is 5.32 Å². The summed E-state index contributed by atoms with van der Waals surface area (Å²) >= 11 is 0. The first-order valence-corrected chi connectivity index (χ1v) is 8.93. The number of aliphatic hydroxyl groups excluding tert-OH is 1. The zero-order valence-corrected chi connectivity index (χ0v) is 14.1. The second kappa shape index (κ2) is 7.45. The molecule has 2 aliphatic rings. The third-order valence-electron chi connectivity index (χ3n) is 5.17. The normalized spacial score (nSPS) is 20.8. The maximum Gasteiger partial charge on any atom is 0.234 e. The van der Waals surface area contributed by atoms with E-state index in [-0.39, 0.29) is 18.1 Å². The van der Waals surface area contributed by atoms with Crippen LogP contribution in [0.1, 0.15) is 55.3 Å². The predicted octanol–water partition coefficient (Wildman–Crippen LogP) is 2.20. The highest BCUT2D eigenvalue weighted by atomic mass is 16.3. The number of aryl methyl sites for hydroxylation is 2. The highest BCUT2D eigenvalue weighted by molar-refractivity contribution is 5.78. The molecule has 1 atom stereocenters. The number of benzene rings is 1. The lowest BCUT2D eigenvalue weighted by Gasteiger charge is -2.29. The third-order valence-corrected chi connectivity index (χ3v) is 5.17. The number of aliphatic hydroxyl groups is 1. The molecule has 4 nitrogen and oxygen atoms in total. The van der Waals surface area contributed by atoms with Crippen molar-refractivity contribution in [2.75, 3.05) is 19.6 Å². The number of rotatable bonds is 4. The average Bonchev–Trinajstić information content (AvgIpc) is 2.56. The van der Waals surface area contributed by atoms with Gasteiger partial charge in [-0.3, -0.25) is 9.69 Å². The van der Waals surface area contributed by atoms with E-state index in [1.165, 1.54) is 42.4 Å². The minimum atomic E-state index is -0.191. The molecule has 1 amide bonds. The molecule has 23 heavy (non-hydrogen) atoms. The minimum absolute atomic E-state index is 0.0464. The quantitative estimate of drug-likeness (QED) is 0.895. The number of nitrogens with zero attached hydrogens (tertiary/aromatic N) is 1. The van der Waals surface area contributed by atoms with Crippen molar-refractivity contribution in [1.82, 2.24) is 10.2 Å². The van der Waals surface area contributed by atoms with E-state index in [1.54, 1.807) is 0 Å². The standard InChI is InChI=1S/C19H28N2O2/c1-14(16-7-6-15-4-2-3-5-17(15)12-16)20-19(23)13-21-10-8-18(22)9-11-21/h6-7,12,14,18,22H,2-5,8-11,13H2,1H3,(H,20,23)/t14-/m1/s1. The molecule has 1 heterocycles. The van der Waals surface area contributed by atoms with Gasteiger partial charge >= 0.3 is 0 Å². The van der Waals surface area contributed by atoms with Gasteiger partial charge in [-0.05, 0) is 62.1 Å². The fraction of sp³-hybridized carbons (Fsp3) is 0.632. The van der Waals surface area contributed by atoms with Crippen molar-refractivity contribution in [3.63, 3.8) is 0 Å². The summed E-state index contributed by atoms with van der Waals surface area (Å²) in [4.78, 5) is 14.4. The smallest absolute Gasteiger partial charge is 0.234 e. The summed E-state index contributed by atoms with van der Waals surface area (Å²) in [7, 11) is 0. The van der Waals surface area contributed by atoms with Crippen molar-refractivity contribution in [2.24, 2.45) is 0 Å². The number of hydrogen-bond acceptors (Lipinski definition) is 3. The minimum Gasteiger partial charge on any atom is -0.393 e. The fourth-order valence-corrected chi connectivity index (χ4v) is 3.67. The van der Waals surface area contributed by atoms with E-state index in [4.69, 9.17) is 0 Å². The molecular weight excluding hydrogens is 288 g/mol. The molecule has 0 spiro atoms. The van der Waals surface area contributed by atoms with Gasteiger partial charge in [-0.1, -0.05) is 18.2 Å². The summed E-state index contributed by atoms with van der Waals surface area (Å²) in [5, 5.41) is 12.6. The first kappa shape index (κ1) is 16.5. The lowest BCUT2D eigenvalue weighted by molar-refractivity contribution is -0.123. The van der Waals surface area contributed by atoms with Crippen LogP contribution >= 0.6 is 0 Å². The molecule has 0 bridgehead atoms. The van der Waals surface area contributed by atoms with E-state index < -0.39 is 0 Å². The number of likely N-dealkylation sites (tertiary alicyclic amines) is 1. The average molecular weight is 316 g/mol. The van der Waals surface area contributed by atoms with Gasteiger partial charge in [-0.2, -0.15) is 0 Å². The Kier molecular flexibility index (Phi) is 5.34. The predicted molar refractivity (Wildman–Crippen MR) is 91.3 cm³/mol. The summed E-state index contributed by atoms with van der Waals surface area (Å²) in [6, 6.07) is 6.71. The molecule has 0 saturated carbocycles. The Hall–Kier alpha value is -1.39. The second-order valence-electron chi connectivity index (χ2n) is 7.03. The van der Waals surface area contributed by atoms with Crippen molar-refractivity contribution < 1.29 is 9.90 Å². The van der Waals surface area contributed by atoms with Crippen molar-refractivity contribution in [2.45, 2.75) is 57.6 Å². The summed E-state index contributed by atoms with van der Waals surface area (Å²) in [5.74, 6) is 0.0756. The maximum absolute atomic E-state index is 12.3. The lowest BCUT2D eigenvalue weighted by Crippen LogP contribution is -2.43. The van der Waals surface area contributed by atoms with E-state index >= 15 is 0 Å². The topological polar surface area (TPSA) is 52.6 Å². The third kappa shape index (κ3) is 4.33. The maximum atomic E-state index is 12.3. The van der Waals surface area contributed by atoms with Gasteiger partial charge in [-0.25, -0.2) is 0 Å². The fourth-order valence-electron chi connectivity index (χ4n) is 3.67. The first-order chi connectivity index (χ1) is 11.1. The molecular formula is C19H28N2O2. The van der Waals surface area contributed by atoms with Crippen LogP contribution in [0.4, 0.5) is 0 Å². The Morgan fingerprint density at radius 3 is 2.70 bits per heavy atom. The van der Waals surface area contributed by atoms with Crippen LogP contribution in [0.2, 0.25) is 0 Å². The summed E-state index contributed by atoms with van der Waals surface area (Å²) < 4.78 is 0. The van der Waals surface area contributed by atoms with Crippen molar-refractivity contribution in [1.29, 1.82) is 0 Å². The van der Waals surface area contributed by atoms with Gasteiger partial charge < -0.3 is 10.4 Å². The van der Waals surface area contributed by atoms with Gasteiger partial charge in [0.2, 0.25) is 5.91 Å². The Balaban J connectivity index is 1.54. The van der Waals surface area contributed by atoms with Crippen molar-refractivity contribution in [3.05, 3.63) is 34.9 Å². The molecule has 0 radical (unpaired) electrons. The van der Waals surface area contributed by atoms with E-state index in [9.17, 15) is 9.90 Å². The van der Waals surface area contributed by atoms with Gasteiger partial charge in [0.25, 0.3) is 0 Å². The summed E-state index contributed by atoms with van der Waals surface area (Å²) in [6.07, 6.45) is 6.28. The number of nitrogens with one attached hydrogen (secondary N) is 1. The van der Waals surface area contributed by atoms with E-state index in [2.05, 4.69) is 35.3 Å². The molecule has 1 aromatic rings. The van der Waals surface area contributed by atoms with Gasteiger partial charge in [-0.15, -0.1) is 0 Å². The number of amides is 1. The molecule has 0 unspecified atom stereocenters. The molecule has 1 aromatic carbocycles. The zero-order chi connectivity index (χ0) is 16.2. The summed E-state index contributed by atoms with van der Waals surface area (Å²) in [6.45, 7) is 4.11. The van der Waals surface area contributed by atoms with Crippen molar-refractivity contribution >= 4 is 5.91 Å². The largest absolute Gasteiger partial charge is 0.393 e. The molecule has 1 fully saturated rings. The Morgan fingerprint density at radius 2 is 1.96 bits per heavy atom. The van der Waals surface area contributed by atoms with Crippen molar-refractivity contribution in [3.8, 4) is 0 Å². The van der Waals surface area contributed by atoms with E-state index in [0.717, 1.165) is 25.9 Å². The molecule has 126 valence electrons. The van der Waals surface area contributed by atoms with Crippen LogP contribution in [0.3, 0.4) is 0 Å². The zero-order valence-electron chi connectivity index (χ0n) is 14.1. The van der Waals surface area contributed by atoms with Crippen LogP contribution in [0.15, 0.2) is 18.2 Å². The van der Waals surface area contributed by atoms with Gasteiger partial charge in [0.15, 0.2) is 0 Å². The SMILES string of the molecule is C[C@@H](NC(=O)CN1CCC(O)CC1)c1ccc2c(c1)CCCC2. The molecule has 0 aromatic heterocycles. The molecule has 1 saturated heterocycles. The molecule has 2 N–H and O–H groups in total. The highest BCUT2D eigenvalue weighted by Gasteiger charge is 2.20. The van der Waals surface area contributed by atoms with Gasteiger partial charge in [0.05, 0.1) is 18.7 Å². The number of hydrogen-bond donors (Lipinski definition) is 2. The van der Waals surface area contributed by atoms with E-state index in [1.807, 2.05) is 0 Å². The molecule has 3 rings (SSSR count). The van der Waals surface area contributed by atoms with Crippen LogP contribution in [0, 0.1) is 0 Å². The van der Waals surface area contributed by atoms with E-state index in [0.29, 0.717) is 6.54 Å². The first-order valence-electron chi connectivity index (χ1n) is 8.93. The highest BCUT2D eigenvalue weighted by Crippen LogP contribution is 2.24. The van der Waals surface area contributed by atoms with Gasteiger partial charge in [0.1, 0.15) is 0 Å². The Labute approximate surface area is 138 Å². The van der Waals surface area contributed by atoms with Crippen LogP contribution in [0.25, 0.3) is 0 Å². The van der Waals surface area contributed by atoms with Crippen LogP contribution in [-0.4, -0.2) is 41.7 Å². The Morgan fingerprint density at radius 1 is 1.26 bits per heavy atom. The Bertz CT molecular complexity index is 550. The van der Waals surface area contributed by atoms with Gasteiger partial charge in [0, 0.05) is 13.1 Å². The number of carbonyl (C=O) groups excluding carboxylic acids is 1. The monoisotopic (exact) mass is 316 g/mol. The summed E-state index contributed by atoms with van der Waals surface area (Å²) in [5.41, 5.74) is 4.14. The lowest BCUT2D eigenvalue weighted by atomic mass is 9.89.